The molecule has 2 rings (SSSR count). The molecule has 6 nitrogen and oxygen atoms in total. The van der Waals surface area contributed by atoms with Crippen molar-refractivity contribution in [2.45, 2.75) is 20.4 Å². The summed E-state index contributed by atoms with van der Waals surface area (Å²) in [5.74, 6) is -2.56. The highest BCUT2D eigenvalue weighted by atomic mass is 35.5. The Labute approximate surface area is 138 Å². The first kappa shape index (κ1) is 18.9. The Hall–Kier alpha value is -2.12. The number of aliphatic hydroxyl groups is 1. The van der Waals surface area contributed by atoms with E-state index in [4.69, 9.17) is 16.4 Å². The van der Waals surface area contributed by atoms with Gasteiger partial charge in [0, 0.05) is 0 Å². The molecule has 1 aromatic carbocycles. The van der Waals surface area contributed by atoms with Crippen molar-refractivity contribution in [1.82, 2.24) is 10.4 Å². The number of amides is 2. The second kappa shape index (κ2) is 8.50. The van der Waals surface area contributed by atoms with E-state index in [1.807, 2.05) is 13.8 Å². The third-order valence-corrected chi connectivity index (χ3v) is 3.23. The van der Waals surface area contributed by atoms with Gasteiger partial charge in [0.25, 0.3) is 11.8 Å². The van der Waals surface area contributed by atoms with E-state index in [-0.39, 0.29) is 23.7 Å². The number of hydrogen-bond donors (Lipinski definition) is 2. The number of benzene rings is 1. The van der Waals surface area contributed by atoms with Crippen LogP contribution in [0.3, 0.4) is 0 Å². The van der Waals surface area contributed by atoms with Gasteiger partial charge in [-0.25, -0.2) is 9.45 Å². The maximum absolute atomic E-state index is 13.1. The molecule has 0 spiro atoms. The second-order valence-corrected chi connectivity index (χ2v) is 4.69. The second-order valence-electron chi connectivity index (χ2n) is 4.28. The fourth-order valence-electron chi connectivity index (χ4n) is 1.82. The monoisotopic (exact) mass is 344 g/mol. The molecule has 0 fully saturated rings. The van der Waals surface area contributed by atoms with Gasteiger partial charge in [0.2, 0.25) is 0 Å². The summed E-state index contributed by atoms with van der Waals surface area (Å²) in [7, 11) is 1.27. The van der Waals surface area contributed by atoms with Crippen LogP contribution in [-0.2, 0) is 21.0 Å². The smallest absolute Gasteiger partial charge is 0.286 e. The number of carbonyl (C=O) groups is 2. The first-order valence-electron chi connectivity index (χ1n) is 6.94. The van der Waals surface area contributed by atoms with Crippen LogP contribution in [0.2, 0.25) is 5.02 Å². The topological polar surface area (TPSA) is 78.9 Å². The molecule has 0 saturated carbocycles. The van der Waals surface area contributed by atoms with Gasteiger partial charge in [-0.1, -0.05) is 31.5 Å². The van der Waals surface area contributed by atoms with E-state index in [0.717, 1.165) is 5.06 Å². The van der Waals surface area contributed by atoms with Crippen LogP contribution in [0.4, 0.5) is 4.39 Å². The van der Waals surface area contributed by atoms with Crippen molar-refractivity contribution in [2.24, 2.45) is 0 Å². The number of hydroxylamine groups is 2. The van der Waals surface area contributed by atoms with E-state index in [2.05, 4.69) is 5.32 Å². The van der Waals surface area contributed by atoms with Crippen molar-refractivity contribution in [3.8, 4) is 0 Å². The fourth-order valence-corrected chi connectivity index (χ4v) is 2.03. The Morgan fingerprint density at radius 1 is 1.48 bits per heavy atom. The number of halogens is 2. The third kappa shape index (κ3) is 4.43. The van der Waals surface area contributed by atoms with Crippen molar-refractivity contribution in [1.29, 1.82) is 0 Å². The Morgan fingerprint density at radius 2 is 2.13 bits per heavy atom. The third-order valence-electron chi connectivity index (χ3n) is 2.94. The molecule has 1 aliphatic rings. The number of nitrogens with zero attached hydrogens (tertiary/aromatic N) is 1. The minimum Gasteiger partial charge on any atom is -0.503 e. The molecule has 0 unspecified atom stereocenters. The average molecular weight is 345 g/mol. The summed E-state index contributed by atoms with van der Waals surface area (Å²) in [6.45, 7) is 3.91. The van der Waals surface area contributed by atoms with Crippen molar-refractivity contribution in [3.63, 3.8) is 0 Å². The lowest BCUT2D eigenvalue weighted by molar-refractivity contribution is -0.174. The predicted molar refractivity (Wildman–Crippen MR) is 83.0 cm³/mol. The van der Waals surface area contributed by atoms with Crippen molar-refractivity contribution >= 4 is 23.4 Å². The number of hydrogen-bond acceptors (Lipinski definition) is 4. The summed E-state index contributed by atoms with van der Waals surface area (Å²) in [5.41, 5.74) is 0.448. The van der Waals surface area contributed by atoms with Gasteiger partial charge < -0.3 is 10.4 Å². The minimum atomic E-state index is -0.709. The van der Waals surface area contributed by atoms with E-state index >= 15 is 0 Å². The van der Waals surface area contributed by atoms with E-state index in [9.17, 15) is 19.1 Å². The lowest BCUT2D eigenvalue weighted by atomic mass is 10.2. The van der Waals surface area contributed by atoms with Crippen LogP contribution in [0, 0.1) is 5.82 Å². The van der Waals surface area contributed by atoms with E-state index in [1.54, 1.807) is 0 Å². The average Bonchev–Trinajstić information content (AvgIpc) is 2.89. The molecule has 8 heteroatoms. The Balaban J connectivity index is 0.00000127. The Bertz CT molecular complexity index is 634. The SMILES string of the molecule is CC.CON(Cc1ccc(F)c(Cl)c1)C(=O)C1=C(O)C(=O)NC1. The zero-order valence-electron chi connectivity index (χ0n) is 13.0. The molecule has 0 bridgehead atoms. The molecular weight excluding hydrogens is 327 g/mol. The van der Waals surface area contributed by atoms with Crippen molar-refractivity contribution in [2.75, 3.05) is 13.7 Å². The van der Waals surface area contributed by atoms with Gasteiger partial charge in [-0.05, 0) is 17.7 Å². The molecule has 23 heavy (non-hydrogen) atoms. The van der Waals surface area contributed by atoms with Crippen LogP contribution in [0.15, 0.2) is 29.5 Å². The largest absolute Gasteiger partial charge is 0.503 e. The van der Waals surface area contributed by atoms with Gasteiger partial charge in [-0.15, -0.1) is 0 Å². The lowest BCUT2D eigenvalue weighted by Gasteiger charge is -2.20. The fraction of sp³-hybridized carbons (Fsp3) is 0.333. The summed E-state index contributed by atoms with van der Waals surface area (Å²) in [5, 5.41) is 12.7. The summed E-state index contributed by atoms with van der Waals surface area (Å²) in [6.07, 6.45) is 0. The number of nitrogens with one attached hydrogen (secondary N) is 1. The lowest BCUT2D eigenvalue weighted by Crippen LogP contribution is -2.32. The van der Waals surface area contributed by atoms with Gasteiger partial charge >= 0.3 is 0 Å². The zero-order chi connectivity index (χ0) is 17.6. The van der Waals surface area contributed by atoms with Gasteiger partial charge in [0.05, 0.1) is 30.8 Å². The summed E-state index contributed by atoms with van der Waals surface area (Å²) >= 11 is 5.67. The van der Waals surface area contributed by atoms with Gasteiger partial charge in [-0.3, -0.25) is 14.4 Å². The number of aliphatic hydroxyl groups excluding tert-OH is 1. The van der Waals surface area contributed by atoms with Gasteiger partial charge in [0.1, 0.15) is 5.82 Å². The van der Waals surface area contributed by atoms with E-state index < -0.39 is 23.4 Å². The number of rotatable bonds is 4. The van der Waals surface area contributed by atoms with Crippen molar-refractivity contribution < 1.29 is 23.9 Å². The predicted octanol–water partition coefficient (Wildman–Crippen LogP) is 2.34. The molecule has 0 saturated heterocycles. The van der Waals surface area contributed by atoms with Crippen LogP contribution < -0.4 is 5.32 Å². The summed E-state index contributed by atoms with van der Waals surface area (Å²) in [4.78, 5) is 28.3. The molecule has 126 valence electrons. The van der Waals surface area contributed by atoms with E-state index in [0.29, 0.717) is 5.56 Å². The number of carbonyl (C=O) groups excluding carboxylic acids is 2. The Morgan fingerprint density at radius 3 is 2.61 bits per heavy atom. The first-order valence-corrected chi connectivity index (χ1v) is 7.32. The molecule has 0 aliphatic carbocycles. The molecule has 1 aromatic rings. The summed E-state index contributed by atoms with van der Waals surface area (Å²) in [6, 6.07) is 3.99. The molecule has 0 atom stereocenters. The molecule has 0 aromatic heterocycles. The maximum atomic E-state index is 13.1. The van der Waals surface area contributed by atoms with Gasteiger partial charge in [0.15, 0.2) is 5.76 Å². The van der Waals surface area contributed by atoms with E-state index in [1.165, 1.54) is 25.3 Å². The summed E-state index contributed by atoms with van der Waals surface area (Å²) < 4.78 is 13.1. The molecular formula is C15H18ClFN2O4. The van der Waals surface area contributed by atoms with Crippen LogP contribution in [0.1, 0.15) is 19.4 Å². The normalized spacial score (nSPS) is 13.3. The quantitative estimate of drug-likeness (QED) is 0.822. The first-order chi connectivity index (χ1) is 10.9. The zero-order valence-corrected chi connectivity index (χ0v) is 13.8. The molecule has 1 aliphatic heterocycles. The molecule has 2 amide bonds. The maximum Gasteiger partial charge on any atom is 0.286 e. The highest BCUT2D eigenvalue weighted by Gasteiger charge is 2.30. The van der Waals surface area contributed by atoms with Crippen molar-refractivity contribution in [3.05, 3.63) is 45.9 Å². The Kier molecular flexibility index (Phi) is 6.99. The highest BCUT2D eigenvalue weighted by Crippen LogP contribution is 2.19. The van der Waals surface area contributed by atoms with Gasteiger partial charge in [-0.2, -0.15) is 0 Å². The van der Waals surface area contributed by atoms with Crippen LogP contribution >= 0.6 is 11.6 Å². The molecule has 0 radical (unpaired) electrons. The minimum absolute atomic E-state index is 0.0136. The van der Waals surface area contributed by atoms with Crippen LogP contribution in [-0.4, -0.2) is 35.6 Å². The van der Waals surface area contributed by atoms with Crippen LogP contribution in [0.25, 0.3) is 0 Å². The standard InChI is InChI=1S/C13H12ClFN2O4.C2H6/c1-21-17(6-7-2-3-10(15)9(14)4-7)13(20)8-5-16-12(19)11(8)18;1-2/h2-4,18H,5-6H2,1H3,(H,16,19);1-2H3. The molecule has 1 heterocycles. The van der Waals surface area contributed by atoms with Crippen LogP contribution in [0.5, 0.6) is 0 Å². The highest BCUT2D eigenvalue weighted by molar-refractivity contribution is 6.30. The molecule has 2 N–H and O–H groups in total.